The molecule has 1 aliphatic heterocycles. The first-order valence-corrected chi connectivity index (χ1v) is 23.2. The summed E-state index contributed by atoms with van der Waals surface area (Å²) in [6.07, 6.45) is 10.7. The number of aryl methyl sites for hydroxylation is 1. The fourth-order valence-electron chi connectivity index (χ4n) is 8.72. The minimum absolute atomic E-state index is 0.0796. The van der Waals surface area contributed by atoms with Crippen molar-refractivity contribution in [2.45, 2.75) is 186 Å². The molecule has 0 radical (unpaired) electrons. The van der Waals surface area contributed by atoms with Gasteiger partial charge >= 0.3 is 11.8 Å². The molecule has 0 bridgehead atoms. The number of aliphatic hydroxyl groups excluding tert-OH is 1. The summed E-state index contributed by atoms with van der Waals surface area (Å²) >= 11 is 0. The largest absolute Gasteiger partial charge is 0.444 e. The van der Waals surface area contributed by atoms with Crippen LogP contribution in [-0.2, 0) is 30.8 Å². The number of alkyl carbamates (subject to hydrolysis) is 1. The van der Waals surface area contributed by atoms with Gasteiger partial charge in [-0.05, 0) is 135 Å². The van der Waals surface area contributed by atoms with E-state index in [1.54, 1.807) is 25.3 Å². The van der Waals surface area contributed by atoms with Crippen LogP contribution in [0.5, 0.6) is 0 Å². The van der Waals surface area contributed by atoms with E-state index < -0.39 is 67.5 Å². The van der Waals surface area contributed by atoms with Gasteiger partial charge in [-0.15, -0.1) is 0 Å². The van der Waals surface area contributed by atoms with Crippen LogP contribution < -0.4 is 21.0 Å². The van der Waals surface area contributed by atoms with Crippen molar-refractivity contribution in [2.24, 2.45) is 11.3 Å². The zero-order chi connectivity index (χ0) is 43.6. The Morgan fingerprint density at radius 1 is 1.05 bits per heavy atom. The first-order valence-electron chi connectivity index (χ1n) is 21.7. The zero-order valence-corrected chi connectivity index (χ0v) is 37.6. The second-order valence-corrected chi connectivity index (χ2v) is 21.6. The molecule has 330 valence electrons. The first kappa shape index (κ1) is 46.4. The number of ether oxygens (including phenoxy) is 1. The standard InChI is InChI=1S/C44H70N6O8S/c1-10-31-28-44(31,47-36(51)33-23-19-27-49(33)37(52)35(41(4,5)6)46-40(55)58-42(7,8)9)38(53)48-59(56,57)43(25-26-43)24-17-15-13-11-12-14-16-20-30-21-18-22-32-34(30)45-39(54)50(32)29(2)3/h11,13,18,21-22,29,31,33,35,38,48,53H,10,12,14-17,19-20,23-28H2,1-9H3,(H,45,54)(H,46,55)(H,47,51). The van der Waals surface area contributed by atoms with Gasteiger partial charge in [0.25, 0.3) is 0 Å². The Morgan fingerprint density at radius 2 is 1.73 bits per heavy atom. The number of benzene rings is 1. The third kappa shape index (κ3) is 10.8. The number of aromatic nitrogens is 2. The van der Waals surface area contributed by atoms with E-state index in [4.69, 9.17) is 4.74 Å². The number of imidazole rings is 1. The molecule has 1 aromatic heterocycles. The molecule has 0 spiro atoms. The molecule has 2 aliphatic carbocycles. The molecule has 5 N–H and O–H groups in total. The van der Waals surface area contributed by atoms with Gasteiger partial charge in [0.05, 0.1) is 21.3 Å². The van der Waals surface area contributed by atoms with Crippen LogP contribution in [0.3, 0.4) is 0 Å². The van der Waals surface area contributed by atoms with Crippen LogP contribution in [0.15, 0.2) is 35.1 Å². The lowest BCUT2D eigenvalue weighted by Gasteiger charge is -2.36. The SMILES string of the molecule is CCC1CC1(NC(=O)C1CCCN1C(=O)C(NC(=O)OC(C)(C)C)C(C)(C)C)C(O)NS(=O)(=O)C1(CCCC=CCCCCc2cccc3c2[nH]c(=O)n3C(C)C)CC1. The Balaban J connectivity index is 1.11. The lowest BCUT2D eigenvalue weighted by Crippen LogP contribution is -2.61. The number of amides is 3. The summed E-state index contributed by atoms with van der Waals surface area (Å²) in [6, 6.07) is 4.35. The van der Waals surface area contributed by atoms with Crippen LogP contribution >= 0.6 is 0 Å². The van der Waals surface area contributed by atoms with Crippen LogP contribution in [0, 0.1) is 11.3 Å². The molecule has 59 heavy (non-hydrogen) atoms. The van der Waals surface area contributed by atoms with E-state index in [1.807, 2.05) is 53.7 Å². The van der Waals surface area contributed by atoms with Crippen molar-refractivity contribution in [1.82, 2.24) is 29.8 Å². The zero-order valence-electron chi connectivity index (χ0n) is 36.8. The molecular formula is C44H70N6O8S. The van der Waals surface area contributed by atoms with Crippen LogP contribution in [0.4, 0.5) is 4.79 Å². The molecule has 5 unspecified atom stereocenters. The monoisotopic (exact) mass is 842 g/mol. The Hall–Kier alpha value is -3.69. The van der Waals surface area contributed by atoms with Gasteiger partial charge in [0, 0.05) is 12.6 Å². The summed E-state index contributed by atoms with van der Waals surface area (Å²) in [4.78, 5) is 57.6. The highest BCUT2D eigenvalue weighted by atomic mass is 32.2. The highest BCUT2D eigenvalue weighted by Crippen LogP contribution is 2.51. The summed E-state index contributed by atoms with van der Waals surface area (Å²) < 4.78 is 36.4. The number of H-pyrrole nitrogens is 1. The van der Waals surface area contributed by atoms with Crippen molar-refractivity contribution in [2.75, 3.05) is 6.54 Å². The van der Waals surface area contributed by atoms with Gasteiger partial charge in [-0.1, -0.05) is 58.4 Å². The van der Waals surface area contributed by atoms with Crippen LogP contribution in [0.2, 0.25) is 0 Å². The molecule has 2 saturated carbocycles. The second kappa shape index (κ2) is 18.1. The number of likely N-dealkylation sites (tertiary alicyclic amines) is 1. The quantitative estimate of drug-likeness (QED) is 0.0615. The molecule has 1 saturated heterocycles. The topological polar surface area (TPSA) is 192 Å². The number of hydrogen-bond acceptors (Lipinski definition) is 8. The minimum Gasteiger partial charge on any atom is -0.444 e. The number of fused-ring (bicyclic) bond motifs is 1. The van der Waals surface area contributed by atoms with Gasteiger partial charge in [-0.3, -0.25) is 14.2 Å². The van der Waals surface area contributed by atoms with E-state index in [-0.39, 0.29) is 17.6 Å². The Morgan fingerprint density at radius 3 is 2.32 bits per heavy atom. The predicted molar refractivity (Wildman–Crippen MR) is 230 cm³/mol. The fourth-order valence-corrected chi connectivity index (χ4v) is 10.5. The van der Waals surface area contributed by atoms with Crippen molar-refractivity contribution >= 4 is 39.0 Å². The number of nitrogens with zero attached hydrogens (tertiary/aromatic N) is 2. The van der Waals surface area contributed by atoms with Crippen molar-refractivity contribution in [3.05, 3.63) is 46.4 Å². The number of carbonyl (C=O) groups is 3. The van der Waals surface area contributed by atoms with Crippen molar-refractivity contribution < 1.29 is 32.6 Å². The van der Waals surface area contributed by atoms with E-state index >= 15 is 0 Å². The summed E-state index contributed by atoms with van der Waals surface area (Å²) in [5.41, 5.74) is 0.292. The molecule has 3 amide bonds. The van der Waals surface area contributed by atoms with Gasteiger partial charge in [0.2, 0.25) is 21.8 Å². The average Bonchev–Trinajstić information content (AvgIpc) is 3.97. The van der Waals surface area contributed by atoms with E-state index in [0.717, 1.165) is 48.7 Å². The van der Waals surface area contributed by atoms with Gasteiger partial charge in [0.1, 0.15) is 23.9 Å². The molecular weight excluding hydrogens is 773 g/mol. The lowest BCUT2D eigenvalue weighted by atomic mass is 9.85. The number of aliphatic hydroxyl groups is 1. The number of unbranched alkanes of at least 4 members (excludes halogenated alkanes) is 3. The van der Waals surface area contributed by atoms with E-state index in [1.165, 1.54) is 4.90 Å². The highest BCUT2D eigenvalue weighted by Gasteiger charge is 2.63. The highest BCUT2D eigenvalue weighted by molar-refractivity contribution is 7.91. The number of rotatable bonds is 19. The number of sulfonamides is 1. The second-order valence-electron chi connectivity index (χ2n) is 19.5. The van der Waals surface area contributed by atoms with Crippen LogP contribution in [-0.4, -0.2) is 86.6 Å². The van der Waals surface area contributed by atoms with E-state index in [9.17, 15) is 32.7 Å². The normalized spacial score (nSPS) is 22.8. The van der Waals surface area contributed by atoms with Crippen molar-refractivity contribution in [3.63, 3.8) is 0 Å². The molecule has 2 aromatic rings. The number of hydrogen-bond donors (Lipinski definition) is 5. The van der Waals surface area contributed by atoms with Crippen LogP contribution in [0.1, 0.15) is 151 Å². The number of nitrogens with one attached hydrogen (secondary N) is 4. The lowest BCUT2D eigenvalue weighted by molar-refractivity contribution is -0.142. The van der Waals surface area contributed by atoms with Gasteiger partial charge < -0.3 is 30.4 Å². The van der Waals surface area contributed by atoms with Gasteiger partial charge in [-0.2, -0.15) is 4.72 Å². The van der Waals surface area contributed by atoms with Gasteiger partial charge in [-0.25, -0.2) is 18.0 Å². The van der Waals surface area contributed by atoms with Crippen LogP contribution in [0.25, 0.3) is 11.0 Å². The maximum atomic E-state index is 14.0. The maximum absolute atomic E-state index is 14.0. The smallest absolute Gasteiger partial charge is 0.408 e. The van der Waals surface area contributed by atoms with Gasteiger partial charge in [0.15, 0.2) is 0 Å². The molecule has 15 heteroatoms. The Kier molecular flexibility index (Phi) is 14.2. The van der Waals surface area contributed by atoms with E-state index in [0.29, 0.717) is 57.9 Å². The number of para-hydroxylation sites is 1. The summed E-state index contributed by atoms with van der Waals surface area (Å²) in [7, 11) is -3.92. The number of allylic oxidation sites excluding steroid dienone is 2. The van der Waals surface area contributed by atoms with Crippen molar-refractivity contribution in [1.29, 1.82) is 0 Å². The molecule has 2 heterocycles. The molecule has 5 rings (SSSR count). The van der Waals surface area contributed by atoms with E-state index in [2.05, 4.69) is 38.6 Å². The molecule has 1 aromatic carbocycles. The molecule has 14 nitrogen and oxygen atoms in total. The first-order chi connectivity index (χ1) is 27.6. The predicted octanol–water partition coefficient (Wildman–Crippen LogP) is 6.34. The molecule has 5 atom stereocenters. The third-order valence-electron chi connectivity index (χ3n) is 12.3. The number of carbonyl (C=O) groups excluding carboxylic acids is 3. The number of aromatic amines is 1. The molecule has 3 aliphatic rings. The minimum atomic E-state index is -3.92. The third-order valence-corrected chi connectivity index (χ3v) is 14.6. The summed E-state index contributed by atoms with van der Waals surface area (Å²) in [6.45, 7) is 17.0. The Labute approximate surface area is 350 Å². The average molecular weight is 843 g/mol. The maximum Gasteiger partial charge on any atom is 0.408 e. The van der Waals surface area contributed by atoms with Crippen molar-refractivity contribution in [3.8, 4) is 0 Å². The Bertz CT molecular complexity index is 2020. The fraction of sp³-hybridized carbons (Fsp3) is 0.727. The molecule has 3 fully saturated rings. The summed E-state index contributed by atoms with van der Waals surface area (Å²) in [5.74, 6) is -0.986. The summed E-state index contributed by atoms with van der Waals surface area (Å²) in [5, 5.41) is 17.2.